The number of ether oxygens (including phenoxy) is 1. The Balaban J connectivity index is 2.12. The zero-order chi connectivity index (χ0) is 12.3. The van der Waals surface area contributed by atoms with Crippen LogP contribution in [0.5, 0.6) is 5.75 Å². The minimum Gasteiger partial charge on any atom is -0.493 e. The summed E-state index contributed by atoms with van der Waals surface area (Å²) in [4.78, 5) is 22.2. The Morgan fingerprint density at radius 3 is 2.94 bits per heavy atom. The van der Waals surface area contributed by atoms with E-state index >= 15 is 0 Å². The van der Waals surface area contributed by atoms with Gasteiger partial charge in [-0.1, -0.05) is 18.2 Å². The lowest BCUT2D eigenvalue weighted by molar-refractivity contribution is -0.138. The van der Waals surface area contributed by atoms with Gasteiger partial charge < -0.3 is 15.2 Å². The van der Waals surface area contributed by atoms with Gasteiger partial charge in [0.2, 0.25) is 5.91 Å². The van der Waals surface area contributed by atoms with E-state index in [-0.39, 0.29) is 18.4 Å². The number of para-hydroxylation sites is 1. The van der Waals surface area contributed by atoms with Gasteiger partial charge >= 0.3 is 5.97 Å². The van der Waals surface area contributed by atoms with Gasteiger partial charge in [-0.2, -0.15) is 0 Å². The van der Waals surface area contributed by atoms with E-state index in [1.165, 1.54) is 0 Å². The van der Waals surface area contributed by atoms with E-state index in [0.29, 0.717) is 18.8 Å². The Kier molecular flexibility index (Phi) is 3.27. The van der Waals surface area contributed by atoms with Crippen LogP contribution in [0.25, 0.3) is 0 Å². The van der Waals surface area contributed by atoms with Gasteiger partial charge in [0, 0.05) is 5.56 Å². The van der Waals surface area contributed by atoms with E-state index in [0.717, 1.165) is 5.56 Å². The number of rotatable bonds is 3. The average molecular weight is 235 g/mol. The third kappa shape index (κ3) is 2.55. The van der Waals surface area contributed by atoms with E-state index in [9.17, 15) is 9.59 Å². The summed E-state index contributed by atoms with van der Waals surface area (Å²) in [6.07, 6.45) is 0.572. The van der Waals surface area contributed by atoms with Crippen molar-refractivity contribution in [2.75, 3.05) is 13.2 Å². The van der Waals surface area contributed by atoms with Crippen LogP contribution in [0.4, 0.5) is 0 Å². The number of nitrogens with one attached hydrogen (secondary N) is 1. The molecular formula is C12H13NO4. The molecule has 1 atom stereocenters. The van der Waals surface area contributed by atoms with Crippen molar-refractivity contribution in [2.24, 2.45) is 0 Å². The van der Waals surface area contributed by atoms with Gasteiger partial charge in [-0.15, -0.1) is 0 Å². The summed E-state index contributed by atoms with van der Waals surface area (Å²) in [5, 5.41) is 10.9. The van der Waals surface area contributed by atoms with E-state index in [4.69, 9.17) is 9.84 Å². The van der Waals surface area contributed by atoms with Gasteiger partial charge in [0.1, 0.15) is 12.3 Å². The fraction of sp³-hybridized carbons (Fsp3) is 0.333. The molecule has 0 saturated carbocycles. The Hall–Kier alpha value is -2.04. The second-order valence-electron chi connectivity index (χ2n) is 3.84. The molecule has 1 aromatic carbocycles. The normalized spacial score (nSPS) is 17.8. The Morgan fingerprint density at radius 1 is 1.41 bits per heavy atom. The maximum atomic E-state index is 11.8. The van der Waals surface area contributed by atoms with Gasteiger partial charge in [-0.25, -0.2) is 0 Å². The van der Waals surface area contributed by atoms with Gasteiger partial charge in [-0.05, 0) is 12.5 Å². The van der Waals surface area contributed by atoms with Crippen molar-refractivity contribution in [1.82, 2.24) is 5.32 Å². The molecule has 1 heterocycles. The summed E-state index contributed by atoms with van der Waals surface area (Å²) in [6, 6.07) is 7.33. The number of fused-ring (bicyclic) bond motifs is 1. The Labute approximate surface area is 98.4 Å². The number of carbonyl (C=O) groups is 2. The van der Waals surface area contributed by atoms with Crippen molar-refractivity contribution in [3.63, 3.8) is 0 Å². The van der Waals surface area contributed by atoms with Crippen LogP contribution in [0.3, 0.4) is 0 Å². The number of aliphatic carboxylic acids is 1. The molecule has 0 aromatic heterocycles. The Bertz CT molecular complexity index is 444. The highest BCUT2D eigenvalue weighted by molar-refractivity contribution is 5.87. The number of carboxylic acids is 1. The first kappa shape index (κ1) is 11.4. The fourth-order valence-corrected chi connectivity index (χ4v) is 1.90. The summed E-state index contributed by atoms with van der Waals surface area (Å²) in [7, 11) is 0. The smallest absolute Gasteiger partial charge is 0.322 e. The second-order valence-corrected chi connectivity index (χ2v) is 3.84. The lowest BCUT2D eigenvalue weighted by atomic mass is 9.92. The second kappa shape index (κ2) is 4.86. The number of carboxylic acid groups (broad SMARTS) is 1. The van der Waals surface area contributed by atoms with Crippen molar-refractivity contribution in [3.05, 3.63) is 29.8 Å². The maximum absolute atomic E-state index is 11.8. The van der Waals surface area contributed by atoms with Crippen molar-refractivity contribution >= 4 is 11.9 Å². The van der Waals surface area contributed by atoms with Crippen LogP contribution in [-0.2, 0) is 9.59 Å². The Morgan fingerprint density at radius 2 is 2.18 bits per heavy atom. The molecule has 0 bridgehead atoms. The van der Waals surface area contributed by atoms with E-state index < -0.39 is 5.97 Å². The molecular weight excluding hydrogens is 222 g/mol. The molecule has 90 valence electrons. The minimum absolute atomic E-state index is 0.261. The molecule has 5 nitrogen and oxygen atoms in total. The fourth-order valence-electron chi connectivity index (χ4n) is 1.90. The highest BCUT2D eigenvalue weighted by Crippen LogP contribution is 2.33. The van der Waals surface area contributed by atoms with Gasteiger partial charge in [0.05, 0.1) is 12.5 Å². The summed E-state index contributed by atoms with van der Waals surface area (Å²) in [6.45, 7) is 0.126. The summed E-state index contributed by atoms with van der Waals surface area (Å²) in [5.74, 6) is -0.921. The number of amides is 1. The van der Waals surface area contributed by atoms with E-state index in [1.54, 1.807) is 0 Å². The van der Waals surface area contributed by atoms with Gasteiger partial charge in [0.25, 0.3) is 0 Å². The van der Waals surface area contributed by atoms with Crippen LogP contribution in [0.15, 0.2) is 24.3 Å². The number of hydrogen-bond acceptors (Lipinski definition) is 3. The molecule has 2 rings (SSSR count). The zero-order valence-corrected chi connectivity index (χ0v) is 9.18. The molecule has 1 aliphatic heterocycles. The highest BCUT2D eigenvalue weighted by atomic mass is 16.5. The van der Waals surface area contributed by atoms with Crippen LogP contribution >= 0.6 is 0 Å². The first-order chi connectivity index (χ1) is 8.18. The van der Waals surface area contributed by atoms with Crippen molar-refractivity contribution < 1.29 is 19.4 Å². The quantitative estimate of drug-likeness (QED) is 0.810. The summed E-state index contributed by atoms with van der Waals surface area (Å²) < 4.78 is 5.43. The van der Waals surface area contributed by atoms with Gasteiger partial charge in [-0.3, -0.25) is 9.59 Å². The molecule has 1 aliphatic rings. The lowest BCUT2D eigenvalue weighted by Crippen LogP contribution is -2.35. The molecule has 2 N–H and O–H groups in total. The van der Waals surface area contributed by atoms with E-state index in [1.807, 2.05) is 24.3 Å². The number of hydrogen-bond donors (Lipinski definition) is 2. The van der Waals surface area contributed by atoms with Crippen molar-refractivity contribution in [1.29, 1.82) is 0 Å². The molecule has 0 radical (unpaired) electrons. The number of benzene rings is 1. The zero-order valence-electron chi connectivity index (χ0n) is 9.18. The molecule has 1 aromatic rings. The summed E-state index contributed by atoms with van der Waals surface area (Å²) >= 11 is 0. The molecule has 0 aliphatic carbocycles. The van der Waals surface area contributed by atoms with Crippen molar-refractivity contribution in [3.8, 4) is 5.75 Å². The molecule has 1 amide bonds. The predicted molar refractivity (Wildman–Crippen MR) is 59.9 cm³/mol. The predicted octanol–water partition coefficient (Wildman–Crippen LogP) is 0.753. The first-order valence-electron chi connectivity index (χ1n) is 5.39. The van der Waals surface area contributed by atoms with Crippen LogP contribution < -0.4 is 10.1 Å². The highest BCUT2D eigenvalue weighted by Gasteiger charge is 2.27. The number of carbonyl (C=O) groups excluding carboxylic acids is 1. The van der Waals surface area contributed by atoms with Crippen molar-refractivity contribution in [2.45, 2.75) is 12.3 Å². The molecule has 0 saturated heterocycles. The average Bonchev–Trinajstić information content (AvgIpc) is 2.35. The summed E-state index contributed by atoms with van der Waals surface area (Å²) in [5.41, 5.74) is 0.821. The first-order valence-corrected chi connectivity index (χ1v) is 5.39. The molecule has 17 heavy (non-hydrogen) atoms. The minimum atomic E-state index is -1.04. The monoisotopic (exact) mass is 235 g/mol. The van der Waals surface area contributed by atoms with Crippen LogP contribution in [0.1, 0.15) is 17.9 Å². The van der Waals surface area contributed by atoms with Crippen LogP contribution in [0.2, 0.25) is 0 Å². The maximum Gasteiger partial charge on any atom is 0.322 e. The largest absolute Gasteiger partial charge is 0.493 e. The third-order valence-corrected chi connectivity index (χ3v) is 2.69. The van der Waals surface area contributed by atoms with Gasteiger partial charge in [0.15, 0.2) is 0 Å². The van der Waals surface area contributed by atoms with E-state index in [2.05, 4.69) is 5.32 Å². The topological polar surface area (TPSA) is 75.6 Å². The molecule has 0 fully saturated rings. The molecule has 0 spiro atoms. The standard InChI is InChI=1S/C12H13NO4/c14-11(15)7-13-12(16)9-5-6-17-10-4-2-1-3-8(9)10/h1-4,9H,5-7H2,(H,13,16)(H,14,15)/t9-/m1/s1. The SMILES string of the molecule is O=C(O)CNC(=O)[C@@H]1CCOc2ccccc21. The molecule has 0 unspecified atom stereocenters. The molecule has 5 heteroatoms. The van der Waals surface area contributed by atoms with Crippen LogP contribution in [-0.4, -0.2) is 30.1 Å². The third-order valence-electron chi connectivity index (χ3n) is 2.69. The lowest BCUT2D eigenvalue weighted by Gasteiger charge is -2.24. The van der Waals surface area contributed by atoms with Crippen LogP contribution in [0, 0.1) is 0 Å².